The number of amides is 1. The topological polar surface area (TPSA) is 86.0 Å². The minimum atomic E-state index is -1.52. The number of halogens is 3. The molecule has 41 heavy (non-hydrogen) atoms. The highest BCUT2D eigenvalue weighted by atomic mass is 35.5. The average molecular weight is 579 g/mol. The van der Waals surface area contributed by atoms with Crippen LogP contribution in [-0.2, 0) is 4.79 Å². The van der Waals surface area contributed by atoms with Crippen molar-refractivity contribution in [3.63, 3.8) is 0 Å². The van der Waals surface area contributed by atoms with E-state index in [-0.39, 0.29) is 19.5 Å². The predicted molar refractivity (Wildman–Crippen MR) is 154 cm³/mol. The first-order chi connectivity index (χ1) is 19.3. The Hall–Kier alpha value is -4.18. The third kappa shape index (κ3) is 5.31. The van der Waals surface area contributed by atoms with Crippen LogP contribution in [0.4, 0.5) is 8.78 Å². The molecular weight excluding hydrogens is 550 g/mol. The summed E-state index contributed by atoms with van der Waals surface area (Å²) < 4.78 is 36.8. The standard InChI is InChI=1S/C29H25ClF2N6O2.CH4/c1-16(31)28(39)37-10-6-18(7-11-37)38-17(2)36-26-15-35-25-14-24(32)21(13-22(25)27(26)38)20-5-4-19(12-23(20)30)40-29-33-8-3-9-34-29;/h3-5,8-9,12-16,18H,6-7,10-11H2,1-2H3;1H4. The molecule has 8 nitrogen and oxygen atoms in total. The molecule has 1 unspecified atom stereocenters. The lowest BCUT2D eigenvalue weighted by Crippen LogP contribution is -2.42. The molecule has 0 N–H and O–H groups in total. The molecule has 3 aromatic heterocycles. The number of carbonyl (C=O) groups excluding carboxylic acids is 1. The molecule has 1 aliphatic heterocycles. The van der Waals surface area contributed by atoms with Crippen molar-refractivity contribution in [2.24, 2.45) is 0 Å². The number of piperidine rings is 1. The monoisotopic (exact) mass is 578 g/mol. The molecule has 2 aromatic carbocycles. The Labute approximate surface area is 241 Å². The Bertz CT molecular complexity index is 1740. The Balaban J connectivity index is 0.00000337. The number of aryl methyl sites for hydroxylation is 1. The van der Waals surface area contributed by atoms with Gasteiger partial charge in [0.15, 0.2) is 6.17 Å². The van der Waals surface area contributed by atoms with Crippen molar-refractivity contribution >= 4 is 39.4 Å². The van der Waals surface area contributed by atoms with Gasteiger partial charge in [-0.15, -0.1) is 0 Å². The first kappa shape index (κ1) is 28.4. The van der Waals surface area contributed by atoms with E-state index >= 15 is 4.39 Å². The second kappa shape index (κ2) is 11.4. The number of carbonyl (C=O) groups is 1. The van der Waals surface area contributed by atoms with Gasteiger partial charge < -0.3 is 14.2 Å². The van der Waals surface area contributed by atoms with Gasteiger partial charge in [0.2, 0.25) is 0 Å². The molecule has 6 rings (SSSR count). The van der Waals surface area contributed by atoms with E-state index in [1.165, 1.54) is 13.0 Å². The summed E-state index contributed by atoms with van der Waals surface area (Å²) in [6.45, 7) is 4.10. The second-order valence-electron chi connectivity index (χ2n) is 9.82. The molecule has 5 aromatic rings. The largest absolute Gasteiger partial charge is 0.424 e. The van der Waals surface area contributed by atoms with Crippen molar-refractivity contribution in [1.82, 2.24) is 29.4 Å². The van der Waals surface area contributed by atoms with Crippen LogP contribution in [0.3, 0.4) is 0 Å². The molecule has 1 amide bonds. The molecule has 1 fully saturated rings. The summed E-state index contributed by atoms with van der Waals surface area (Å²) in [6.07, 6.45) is 4.57. The van der Waals surface area contributed by atoms with Crippen LogP contribution >= 0.6 is 11.6 Å². The highest BCUT2D eigenvalue weighted by Crippen LogP contribution is 2.38. The molecule has 0 aliphatic carbocycles. The van der Waals surface area contributed by atoms with Crippen molar-refractivity contribution in [2.75, 3.05) is 13.1 Å². The van der Waals surface area contributed by atoms with E-state index in [9.17, 15) is 9.18 Å². The molecule has 0 spiro atoms. The zero-order valence-electron chi connectivity index (χ0n) is 21.8. The van der Waals surface area contributed by atoms with Gasteiger partial charge in [-0.2, -0.15) is 0 Å². The predicted octanol–water partition coefficient (Wildman–Crippen LogP) is 7.09. The van der Waals surface area contributed by atoms with Gasteiger partial charge in [-0.3, -0.25) is 9.78 Å². The highest BCUT2D eigenvalue weighted by Gasteiger charge is 2.29. The maximum atomic E-state index is 15.4. The summed E-state index contributed by atoms with van der Waals surface area (Å²) in [5, 5.41) is 1.04. The number of likely N-dealkylation sites (tertiary alicyclic amines) is 1. The highest BCUT2D eigenvalue weighted by molar-refractivity contribution is 6.33. The summed E-state index contributed by atoms with van der Waals surface area (Å²) in [5.74, 6) is 0.272. The van der Waals surface area contributed by atoms with Gasteiger partial charge >= 0.3 is 6.01 Å². The van der Waals surface area contributed by atoms with Crippen molar-refractivity contribution in [1.29, 1.82) is 0 Å². The summed E-state index contributed by atoms with van der Waals surface area (Å²) in [7, 11) is 0. The van der Waals surface area contributed by atoms with Crippen LogP contribution < -0.4 is 4.74 Å². The van der Waals surface area contributed by atoms with Gasteiger partial charge in [-0.25, -0.2) is 23.7 Å². The van der Waals surface area contributed by atoms with E-state index in [0.717, 1.165) is 16.7 Å². The second-order valence-corrected chi connectivity index (χ2v) is 10.2. The molecule has 0 saturated carbocycles. The molecule has 1 saturated heterocycles. The average Bonchev–Trinajstić information content (AvgIpc) is 3.29. The van der Waals surface area contributed by atoms with Gasteiger partial charge in [-0.05, 0) is 51.0 Å². The number of pyridine rings is 1. The maximum absolute atomic E-state index is 15.4. The zero-order valence-corrected chi connectivity index (χ0v) is 22.6. The summed E-state index contributed by atoms with van der Waals surface area (Å²) in [6, 6.07) is 10.0. The minimum Gasteiger partial charge on any atom is -0.424 e. The number of ether oxygens (including phenoxy) is 1. The van der Waals surface area contributed by atoms with Crippen LogP contribution in [0.15, 0.2) is 55.0 Å². The first-order valence-corrected chi connectivity index (χ1v) is 13.3. The van der Waals surface area contributed by atoms with Gasteiger partial charge in [0.05, 0.1) is 22.3 Å². The van der Waals surface area contributed by atoms with Gasteiger partial charge in [-0.1, -0.05) is 19.0 Å². The van der Waals surface area contributed by atoms with E-state index in [2.05, 4.69) is 19.5 Å². The van der Waals surface area contributed by atoms with E-state index in [4.69, 9.17) is 21.3 Å². The fraction of sp³-hybridized carbons (Fsp3) is 0.300. The Kier molecular flexibility index (Phi) is 7.86. The lowest BCUT2D eigenvalue weighted by Gasteiger charge is -2.34. The number of rotatable bonds is 5. The number of alkyl halides is 1. The van der Waals surface area contributed by atoms with Crippen LogP contribution in [0.1, 0.15) is 39.1 Å². The molecule has 11 heteroatoms. The Morgan fingerprint density at radius 1 is 1.07 bits per heavy atom. The molecule has 1 atom stereocenters. The van der Waals surface area contributed by atoms with Crippen LogP contribution in [0, 0.1) is 12.7 Å². The maximum Gasteiger partial charge on any atom is 0.321 e. The molecular formula is C30H29ClF2N6O2. The number of nitrogens with zero attached hydrogens (tertiary/aromatic N) is 6. The SMILES string of the molecule is C.Cc1nc2cnc3cc(F)c(-c4ccc(Oc5ncccn5)cc4Cl)cc3c2n1C1CCN(C(=O)C(C)F)CC1. The van der Waals surface area contributed by atoms with Gasteiger partial charge in [0.25, 0.3) is 5.91 Å². The number of benzene rings is 2. The minimum absolute atomic E-state index is 0. The molecule has 4 heterocycles. The zero-order chi connectivity index (χ0) is 28.0. The van der Waals surface area contributed by atoms with E-state index in [1.807, 2.05) is 6.92 Å². The van der Waals surface area contributed by atoms with Crippen molar-refractivity contribution < 1.29 is 18.3 Å². The van der Waals surface area contributed by atoms with E-state index in [0.29, 0.717) is 58.9 Å². The van der Waals surface area contributed by atoms with Crippen LogP contribution in [0.25, 0.3) is 33.1 Å². The molecule has 0 bridgehead atoms. The van der Waals surface area contributed by atoms with Gasteiger partial charge in [0.1, 0.15) is 22.9 Å². The third-order valence-corrected chi connectivity index (χ3v) is 7.56. The molecule has 1 aliphatic rings. The first-order valence-electron chi connectivity index (χ1n) is 12.9. The van der Waals surface area contributed by atoms with E-state index < -0.39 is 17.9 Å². The van der Waals surface area contributed by atoms with E-state index in [1.54, 1.807) is 53.8 Å². The summed E-state index contributed by atoms with van der Waals surface area (Å²) >= 11 is 6.61. The number of hydrogen-bond acceptors (Lipinski definition) is 6. The third-order valence-electron chi connectivity index (χ3n) is 7.24. The quantitative estimate of drug-likeness (QED) is 0.221. The summed E-state index contributed by atoms with van der Waals surface area (Å²) in [4.78, 5) is 31.0. The molecule has 0 radical (unpaired) electrons. The molecule has 212 valence electrons. The Morgan fingerprint density at radius 2 is 1.80 bits per heavy atom. The lowest BCUT2D eigenvalue weighted by atomic mass is 10.0. The smallest absolute Gasteiger partial charge is 0.321 e. The van der Waals surface area contributed by atoms with Crippen molar-refractivity contribution in [3.8, 4) is 22.9 Å². The Morgan fingerprint density at radius 3 is 2.49 bits per heavy atom. The van der Waals surface area contributed by atoms with Crippen molar-refractivity contribution in [2.45, 2.75) is 46.3 Å². The fourth-order valence-corrected chi connectivity index (χ4v) is 5.66. The van der Waals surface area contributed by atoms with Crippen LogP contribution in [0.5, 0.6) is 11.8 Å². The van der Waals surface area contributed by atoms with Crippen LogP contribution in [0.2, 0.25) is 5.02 Å². The number of fused-ring (bicyclic) bond motifs is 3. The van der Waals surface area contributed by atoms with Crippen molar-refractivity contribution in [3.05, 3.63) is 71.7 Å². The van der Waals surface area contributed by atoms with Crippen LogP contribution in [-0.4, -0.2) is 54.6 Å². The fourth-order valence-electron chi connectivity index (χ4n) is 5.38. The number of imidazole rings is 1. The lowest BCUT2D eigenvalue weighted by molar-refractivity contribution is -0.137. The number of hydrogen-bond donors (Lipinski definition) is 0. The van der Waals surface area contributed by atoms with Gasteiger partial charge in [0, 0.05) is 60.2 Å². The number of aromatic nitrogens is 5. The summed E-state index contributed by atoms with van der Waals surface area (Å²) in [5.41, 5.74) is 2.83. The normalized spacial score (nSPS) is 14.7.